The van der Waals surface area contributed by atoms with Gasteiger partial charge in [0.2, 0.25) is 0 Å². The van der Waals surface area contributed by atoms with E-state index < -0.39 is 18.6 Å². The van der Waals surface area contributed by atoms with E-state index in [1.165, 1.54) is 18.2 Å². The molecule has 0 aliphatic rings. The molecule has 1 aromatic rings. The van der Waals surface area contributed by atoms with Crippen LogP contribution in [0.3, 0.4) is 0 Å². The van der Waals surface area contributed by atoms with Gasteiger partial charge in [0, 0.05) is 23.0 Å². The van der Waals surface area contributed by atoms with Gasteiger partial charge < -0.3 is 10.8 Å². The smallest absolute Gasteiger partial charge is 0.389 e. The largest absolute Gasteiger partial charge is 0.508 e. The zero-order valence-electron chi connectivity index (χ0n) is 8.67. The van der Waals surface area contributed by atoms with E-state index in [0.717, 1.165) is 0 Å². The molecule has 0 fully saturated rings. The molecule has 0 aromatic heterocycles. The summed E-state index contributed by atoms with van der Waals surface area (Å²) in [4.78, 5) is 0. The fourth-order valence-electron chi connectivity index (χ4n) is 1.30. The summed E-state index contributed by atoms with van der Waals surface area (Å²) in [6, 6.07) is 3.25. The minimum Gasteiger partial charge on any atom is -0.508 e. The Bertz CT molecular complexity index is 371. The second-order valence-electron chi connectivity index (χ2n) is 3.46. The highest BCUT2D eigenvalue weighted by Gasteiger charge is 2.28. The van der Waals surface area contributed by atoms with Crippen molar-refractivity contribution in [3.8, 4) is 5.75 Å². The zero-order valence-corrected chi connectivity index (χ0v) is 10.2. The van der Waals surface area contributed by atoms with Gasteiger partial charge in [-0.05, 0) is 24.6 Å². The van der Waals surface area contributed by atoms with Crippen LogP contribution in [0.2, 0.25) is 5.02 Å². The Kier molecular flexibility index (Phi) is 6.09. The molecule has 0 aliphatic heterocycles. The Balaban J connectivity index is 0.00000256. The molecular weight excluding hydrogens is 278 g/mol. The molecule has 0 saturated heterocycles. The summed E-state index contributed by atoms with van der Waals surface area (Å²) in [6.45, 7) is 0. The maximum Gasteiger partial charge on any atom is 0.389 e. The Labute approximate surface area is 108 Å². The number of phenols is 1. The lowest BCUT2D eigenvalue weighted by atomic mass is 10.0. The lowest BCUT2D eigenvalue weighted by Crippen LogP contribution is -2.15. The van der Waals surface area contributed by atoms with E-state index in [1.807, 2.05) is 0 Å². The predicted molar refractivity (Wildman–Crippen MR) is 62.6 cm³/mol. The first-order chi connectivity index (χ1) is 7.29. The highest BCUT2D eigenvalue weighted by molar-refractivity contribution is 6.30. The van der Waals surface area contributed by atoms with Crippen LogP contribution in [0.5, 0.6) is 5.75 Å². The molecule has 0 bridgehead atoms. The first-order valence-electron chi connectivity index (χ1n) is 4.60. The summed E-state index contributed by atoms with van der Waals surface area (Å²) in [7, 11) is 0. The van der Waals surface area contributed by atoms with E-state index in [2.05, 4.69) is 0 Å². The molecule has 17 heavy (non-hydrogen) atoms. The minimum atomic E-state index is -4.24. The van der Waals surface area contributed by atoms with Gasteiger partial charge in [-0.15, -0.1) is 12.4 Å². The van der Waals surface area contributed by atoms with Crippen molar-refractivity contribution in [2.45, 2.75) is 25.1 Å². The van der Waals surface area contributed by atoms with Gasteiger partial charge in [0.25, 0.3) is 0 Å². The lowest BCUT2D eigenvalue weighted by Gasteiger charge is -2.15. The first kappa shape index (κ1) is 16.4. The van der Waals surface area contributed by atoms with Crippen molar-refractivity contribution in [1.29, 1.82) is 0 Å². The molecule has 98 valence electrons. The van der Waals surface area contributed by atoms with Crippen molar-refractivity contribution in [3.63, 3.8) is 0 Å². The van der Waals surface area contributed by atoms with Crippen molar-refractivity contribution in [2.75, 3.05) is 0 Å². The Hall–Kier alpha value is -0.650. The summed E-state index contributed by atoms with van der Waals surface area (Å²) < 4.78 is 35.9. The molecule has 0 radical (unpaired) electrons. The van der Waals surface area contributed by atoms with Gasteiger partial charge in [-0.3, -0.25) is 0 Å². The fraction of sp³-hybridized carbons (Fsp3) is 0.400. The lowest BCUT2D eigenvalue weighted by molar-refractivity contribution is -0.136. The minimum absolute atomic E-state index is 0. The van der Waals surface area contributed by atoms with E-state index >= 15 is 0 Å². The summed E-state index contributed by atoms with van der Waals surface area (Å²) in [5, 5.41) is 9.74. The highest BCUT2D eigenvalue weighted by atomic mass is 35.5. The maximum absolute atomic E-state index is 12.0. The average molecular weight is 290 g/mol. The number of halogens is 5. The van der Waals surface area contributed by atoms with Gasteiger partial charge >= 0.3 is 6.18 Å². The average Bonchev–Trinajstić information content (AvgIpc) is 2.17. The molecule has 0 amide bonds. The molecule has 7 heteroatoms. The number of rotatable bonds is 3. The van der Waals surface area contributed by atoms with Crippen molar-refractivity contribution >= 4 is 24.0 Å². The van der Waals surface area contributed by atoms with E-state index in [4.69, 9.17) is 17.3 Å². The van der Waals surface area contributed by atoms with Crippen LogP contribution in [0, 0.1) is 0 Å². The van der Waals surface area contributed by atoms with Gasteiger partial charge in [-0.2, -0.15) is 13.2 Å². The van der Waals surface area contributed by atoms with Crippen LogP contribution in [0.15, 0.2) is 18.2 Å². The van der Waals surface area contributed by atoms with Crippen LogP contribution in [-0.4, -0.2) is 11.3 Å². The first-order valence-corrected chi connectivity index (χ1v) is 4.98. The molecule has 0 heterocycles. The van der Waals surface area contributed by atoms with Crippen LogP contribution >= 0.6 is 24.0 Å². The van der Waals surface area contributed by atoms with Gasteiger partial charge in [-0.25, -0.2) is 0 Å². The summed E-state index contributed by atoms with van der Waals surface area (Å²) in [5.74, 6) is -0.140. The number of aromatic hydroxyl groups is 1. The Morgan fingerprint density at radius 1 is 1.35 bits per heavy atom. The number of alkyl halides is 3. The van der Waals surface area contributed by atoms with Crippen LogP contribution in [0.4, 0.5) is 13.2 Å². The molecule has 0 aliphatic carbocycles. The molecule has 1 aromatic carbocycles. The molecular formula is C10H12Cl2F3NO. The van der Waals surface area contributed by atoms with Crippen LogP contribution in [0.1, 0.15) is 24.4 Å². The molecule has 1 atom stereocenters. The third-order valence-electron chi connectivity index (χ3n) is 2.13. The van der Waals surface area contributed by atoms with Crippen molar-refractivity contribution in [1.82, 2.24) is 0 Å². The molecule has 0 spiro atoms. The van der Waals surface area contributed by atoms with Gasteiger partial charge in [-0.1, -0.05) is 11.6 Å². The van der Waals surface area contributed by atoms with Crippen LogP contribution in [-0.2, 0) is 0 Å². The van der Waals surface area contributed by atoms with Crippen molar-refractivity contribution in [3.05, 3.63) is 28.8 Å². The quantitative estimate of drug-likeness (QED) is 0.889. The standard InChI is InChI=1S/C10H11ClF3NO.ClH/c11-6-1-2-9(16)7(5-6)8(15)3-4-10(12,13)14;/h1-2,5,8,16H,3-4,15H2;1H/t8-;/m1./s1. The van der Waals surface area contributed by atoms with E-state index in [1.54, 1.807) is 0 Å². The van der Waals surface area contributed by atoms with Crippen molar-refractivity contribution < 1.29 is 18.3 Å². The van der Waals surface area contributed by atoms with Gasteiger partial charge in [0.1, 0.15) is 5.75 Å². The number of phenolic OH excluding ortho intramolecular Hbond substituents is 1. The van der Waals surface area contributed by atoms with Gasteiger partial charge in [0.15, 0.2) is 0 Å². The summed E-state index contributed by atoms with van der Waals surface area (Å²) in [6.07, 6.45) is -5.51. The van der Waals surface area contributed by atoms with E-state index in [9.17, 15) is 18.3 Å². The third kappa shape index (κ3) is 5.48. The molecule has 0 saturated carbocycles. The number of nitrogens with two attached hydrogens (primary N) is 1. The molecule has 3 N–H and O–H groups in total. The van der Waals surface area contributed by atoms with Crippen LogP contribution in [0.25, 0.3) is 0 Å². The topological polar surface area (TPSA) is 46.2 Å². The normalized spacial score (nSPS) is 13.0. The highest BCUT2D eigenvalue weighted by Crippen LogP contribution is 2.31. The fourth-order valence-corrected chi connectivity index (χ4v) is 1.48. The van der Waals surface area contributed by atoms with Crippen LogP contribution < -0.4 is 5.73 Å². The number of benzene rings is 1. The summed E-state index contributed by atoms with van der Waals surface area (Å²) in [5.41, 5.74) is 5.79. The van der Waals surface area contributed by atoms with E-state index in [0.29, 0.717) is 5.02 Å². The van der Waals surface area contributed by atoms with Crippen molar-refractivity contribution in [2.24, 2.45) is 5.73 Å². The van der Waals surface area contributed by atoms with E-state index in [-0.39, 0.29) is 30.1 Å². The second-order valence-corrected chi connectivity index (χ2v) is 3.90. The monoisotopic (exact) mass is 289 g/mol. The molecule has 0 unspecified atom stereocenters. The number of hydrogen-bond donors (Lipinski definition) is 2. The zero-order chi connectivity index (χ0) is 12.3. The Morgan fingerprint density at radius 3 is 2.47 bits per heavy atom. The second kappa shape index (κ2) is 6.33. The number of hydrogen-bond acceptors (Lipinski definition) is 2. The SMILES string of the molecule is Cl.N[C@H](CCC(F)(F)F)c1cc(Cl)ccc1O. The maximum atomic E-state index is 12.0. The van der Waals surface area contributed by atoms with Gasteiger partial charge in [0.05, 0.1) is 0 Å². The molecule has 2 nitrogen and oxygen atoms in total. The Morgan fingerprint density at radius 2 is 1.94 bits per heavy atom. The predicted octanol–water partition coefficient (Wildman–Crippen LogP) is 3.81. The summed E-state index contributed by atoms with van der Waals surface area (Å²) >= 11 is 5.66. The third-order valence-corrected chi connectivity index (χ3v) is 2.36. The molecule has 1 rings (SSSR count).